The monoisotopic (exact) mass is 260 g/mol. The van der Waals surface area contributed by atoms with Crippen molar-refractivity contribution in [3.8, 4) is 0 Å². The van der Waals surface area contributed by atoms with Crippen LogP contribution in [-0.2, 0) is 22.6 Å². The number of carboxylic acids is 1. The van der Waals surface area contributed by atoms with Crippen molar-refractivity contribution >= 4 is 17.6 Å². The van der Waals surface area contributed by atoms with Gasteiger partial charge in [0.25, 0.3) is 0 Å². The number of carboxylic acid groups (broad SMARTS) is 1. The van der Waals surface area contributed by atoms with Crippen molar-refractivity contribution in [2.24, 2.45) is 5.92 Å². The van der Waals surface area contributed by atoms with Crippen LogP contribution in [0.15, 0.2) is 18.2 Å². The van der Waals surface area contributed by atoms with Gasteiger partial charge in [0.15, 0.2) is 0 Å². The number of nitrogens with one attached hydrogen (secondary N) is 1. The van der Waals surface area contributed by atoms with E-state index in [1.807, 2.05) is 25.2 Å². The van der Waals surface area contributed by atoms with Gasteiger partial charge in [0.2, 0.25) is 5.91 Å². The lowest BCUT2D eigenvalue weighted by atomic mass is 10.1. The molecule has 1 saturated carbocycles. The first-order valence-corrected chi connectivity index (χ1v) is 6.39. The van der Waals surface area contributed by atoms with Crippen LogP contribution in [0, 0.1) is 5.92 Å². The number of aliphatic carboxylic acids is 1. The Balaban J connectivity index is 1.66. The van der Waals surface area contributed by atoms with Gasteiger partial charge in [-0.15, -0.1) is 0 Å². The molecule has 5 heteroatoms. The molecule has 3 rings (SSSR count). The highest BCUT2D eigenvalue weighted by atomic mass is 16.4. The van der Waals surface area contributed by atoms with Crippen LogP contribution in [-0.4, -0.2) is 35.0 Å². The lowest BCUT2D eigenvalue weighted by Gasteiger charge is -2.16. The van der Waals surface area contributed by atoms with Crippen molar-refractivity contribution in [2.45, 2.75) is 25.4 Å². The molecule has 1 aliphatic heterocycles. The number of hydrogen-bond donors (Lipinski definition) is 2. The smallest absolute Gasteiger partial charge is 0.308 e. The van der Waals surface area contributed by atoms with Crippen LogP contribution in [0.4, 0.5) is 5.69 Å². The number of carbonyl (C=O) groups excluding carboxylic acids is 1. The summed E-state index contributed by atoms with van der Waals surface area (Å²) in [5.74, 6) is -0.892. The van der Waals surface area contributed by atoms with Crippen molar-refractivity contribution in [3.63, 3.8) is 0 Å². The third-order valence-electron chi connectivity index (χ3n) is 3.87. The number of anilines is 1. The average molecular weight is 260 g/mol. The molecule has 0 radical (unpaired) electrons. The maximum atomic E-state index is 11.3. The van der Waals surface area contributed by atoms with E-state index in [2.05, 4.69) is 10.2 Å². The maximum absolute atomic E-state index is 11.3. The topological polar surface area (TPSA) is 69.6 Å². The Labute approximate surface area is 111 Å². The Morgan fingerprint density at radius 3 is 3.00 bits per heavy atom. The predicted molar refractivity (Wildman–Crippen MR) is 69.8 cm³/mol. The summed E-state index contributed by atoms with van der Waals surface area (Å²) in [5.41, 5.74) is 3.04. The van der Waals surface area contributed by atoms with Crippen LogP contribution in [0.1, 0.15) is 17.5 Å². The predicted octanol–water partition coefficient (Wildman–Crippen LogP) is 1.09. The number of benzene rings is 1. The summed E-state index contributed by atoms with van der Waals surface area (Å²) in [6.07, 6.45) is 1.17. The average Bonchev–Trinajstić information content (AvgIpc) is 3.06. The molecule has 2 N–H and O–H groups in total. The van der Waals surface area contributed by atoms with Gasteiger partial charge in [-0.05, 0) is 30.7 Å². The van der Waals surface area contributed by atoms with Crippen molar-refractivity contribution in [3.05, 3.63) is 29.3 Å². The molecule has 1 fully saturated rings. The van der Waals surface area contributed by atoms with Gasteiger partial charge in [-0.1, -0.05) is 12.1 Å². The van der Waals surface area contributed by atoms with E-state index >= 15 is 0 Å². The fraction of sp³-hybridized carbons (Fsp3) is 0.429. The van der Waals surface area contributed by atoms with Crippen LogP contribution in [0.3, 0.4) is 0 Å². The quantitative estimate of drug-likeness (QED) is 0.850. The first-order valence-electron chi connectivity index (χ1n) is 6.39. The molecule has 19 heavy (non-hydrogen) atoms. The van der Waals surface area contributed by atoms with Gasteiger partial charge in [-0.3, -0.25) is 14.5 Å². The minimum atomic E-state index is -0.708. The van der Waals surface area contributed by atoms with Gasteiger partial charge in [0.1, 0.15) is 0 Å². The van der Waals surface area contributed by atoms with Gasteiger partial charge in [0, 0.05) is 18.3 Å². The Kier molecular flexibility index (Phi) is 2.78. The van der Waals surface area contributed by atoms with Crippen LogP contribution in [0.25, 0.3) is 0 Å². The zero-order valence-electron chi connectivity index (χ0n) is 10.7. The van der Waals surface area contributed by atoms with Crippen LogP contribution in [0.2, 0.25) is 0 Å². The van der Waals surface area contributed by atoms with Gasteiger partial charge < -0.3 is 10.4 Å². The maximum Gasteiger partial charge on any atom is 0.308 e. The van der Waals surface area contributed by atoms with E-state index in [0.717, 1.165) is 29.8 Å². The molecule has 0 saturated heterocycles. The molecule has 100 valence electrons. The summed E-state index contributed by atoms with van der Waals surface area (Å²) in [5, 5.41) is 11.7. The number of fused-ring (bicyclic) bond motifs is 1. The second-order valence-corrected chi connectivity index (χ2v) is 5.38. The van der Waals surface area contributed by atoms with Gasteiger partial charge in [-0.2, -0.15) is 0 Å². The van der Waals surface area contributed by atoms with Gasteiger partial charge >= 0.3 is 5.97 Å². The van der Waals surface area contributed by atoms with Crippen molar-refractivity contribution in [1.29, 1.82) is 0 Å². The molecular weight excluding hydrogens is 244 g/mol. The molecule has 1 amide bonds. The Morgan fingerprint density at radius 2 is 2.32 bits per heavy atom. The summed E-state index contributed by atoms with van der Waals surface area (Å²) < 4.78 is 0. The summed E-state index contributed by atoms with van der Waals surface area (Å²) in [6.45, 7) is 0.718. The second-order valence-electron chi connectivity index (χ2n) is 5.38. The number of amides is 1. The Morgan fingerprint density at radius 1 is 1.53 bits per heavy atom. The summed E-state index contributed by atoms with van der Waals surface area (Å²) in [4.78, 5) is 24.2. The molecule has 1 aromatic carbocycles. The molecule has 2 aliphatic rings. The summed E-state index contributed by atoms with van der Waals surface area (Å²) in [7, 11) is 1.95. The van der Waals surface area contributed by atoms with Gasteiger partial charge in [0.05, 0.1) is 12.3 Å². The standard InChI is InChI=1S/C14H16N2O3/c1-16(12-6-10(12)14(18)19)7-8-2-3-11-9(4-8)5-13(17)15-11/h2-4,10,12H,5-7H2,1H3,(H,15,17)(H,18,19). The third kappa shape index (κ3) is 2.33. The highest BCUT2D eigenvalue weighted by Crippen LogP contribution is 2.36. The fourth-order valence-corrected chi connectivity index (χ4v) is 2.72. The molecule has 2 atom stereocenters. The number of carbonyl (C=O) groups is 2. The van der Waals surface area contributed by atoms with Crippen molar-refractivity contribution in [2.75, 3.05) is 12.4 Å². The normalized spacial score (nSPS) is 24.2. The first-order chi connectivity index (χ1) is 9.04. The lowest BCUT2D eigenvalue weighted by molar-refractivity contribution is -0.139. The molecule has 0 aromatic heterocycles. The molecule has 0 spiro atoms. The van der Waals surface area contributed by atoms with E-state index in [1.165, 1.54) is 0 Å². The molecule has 1 aliphatic carbocycles. The van der Waals surface area contributed by atoms with E-state index in [-0.39, 0.29) is 17.9 Å². The van der Waals surface area contributed by atoms with Crippen molar-refractivity contribution in [1.82, 2.24) is 4.90 Å². The third-order valence-corrected chi connectivity index (χ3v) is 3.87. The molecule has 1 heterocycles. The van der Waals surface area contributed by atoms with E-state index in [0.29, 0.717) is 6.42 Å². The number of nitrogens with zero attached hydrogens (tertiary/aromatic N) is 1. The highest BCUT2D eigenvalue weighted by Gasteiger charge is 2.45. The number of hydrogen-bond acceptors (Lipinski definition) is 3. The summed E-state index contributed by atoms with van der Waals surface area (Å²) in [6, 6.07) is 6.08. The molecule has 2 unspecified atom stereocenters. The Hall–Kier alpha value is -1.88. The van der Waals surface area contributed by atoms with E-state index in [9.17, 15) is 9.59 Å². The zero-order chi connectivity index (χ0) is 13.6. The minimum Gasteiger partial charge on any atom is -0.481 e. The first kappa shape index (κ1) is 12.2. The van der Waals surface area contributed by atoms with E-state index < -0.39 is 5.97 Å². The van der Waals surface area contributed by atoms with Crippen LogP contribution in [0.5, 0.6) is 0 Å². The van der Waals surface area contributed by atoms with Crippen molar-refractivity contribution < 1.29 is 14.7 Å². The summed E-state index contributed by atoms with van der Waals surface area (Å²) >= 11 is 0. The van der Waals surface area contributed by atoms with Crippen LogP contribution >= 0.6 is 0 Å². The molecule has 0 bridgehead atoms. The largest absolute Gasteiger partial charge is 0.481 e. The fourth-order valence-electron chi connectivity index (χ4n) is 2.72. The van der Waals surface area contributed by atoms with E-state index in [1.54, 1.807) is 0 Å². The van der Waals surface area contributed by atoms with Crippen LogP contribution < -0.4 is 5.32 Å². The highest BCUT2D eigenvalue weighted by molar-refractivity contribution is 5.99. The van der Waals surface area contributed by atoms with Gasteiger partial charge in [-0.25, -0.2) is 0 Å². The van der Waals surface area contributed by atoms with E-state index in [4.69, 9.17) is 5.11 Å². The molecular formula is C14H16N2O3. The zero-order valence-corrected chi connectivity index (χ0v) is 10.7. The minimum absolute atomic E-state index is 0.0358. The molecule has 1 aromatic rings. The second kappa shape index (κ2) is 4.35. The number of rotatable bonds is 4. The molecule has 5 nitrogen and oxygen atoms in total. The lowest BCUT2D eigenvalue weighted by Crippen LogP contribution is -2.23. The Bertz CT molecular complexity index is 556. The SMILES string of the molecule is CN(Cc1ccc2c(c1)CC(=O)N2)C1CC1C(=O)O.